The summed E-state index contributed by atoms with van der Waals surface area (Å²) in [5.74, 6) is 0.351. The van der Waals surface area contributed by atoms with Crippen LogP contribution in [0.4, 0.5) is 0 Å². The summed E-state index contributed by atoms with van der Waals surface area (Å²) >= 11 is 0. The number of pyridine rings is 1. The highest BCUT2D eigenvalue weighted by Crippen LogP contribution is 2.37. The van der Waals surface area contributed by atoms with Crippen molar-refractivity contribution in [2.24, 2.45) is 0 Å². The number of carbonyl (C=O) groups is 1. The monoisotopic (exact) mass is 376 g/mol. The van der Waals surface area contributed by atoms with Gasteiger partial charge >= 0.3 is 0 Å². The van der Waals surface area contributed by atoms with Crippen molar-refractivity contribution >= 4 is 5.91 Å². The molecule has 0 radical (unpaired) electrons. The highest BCUT2D eigenvalue weighted by molar-refractivity contribution is 5.94. The van der Waals surface area contributed by atoms with Gasteiger partial charge in [-0.25, -0.2) is 0 Å². The Morgan fingerprint density at radius 3 is 2.68 bits per heavy atom. The number of phenols is 1. The minimum Gasteiger partial charge on any atom is -0.504 e. The number of hydrogen-bond donors (Lipinski definition) is 2. The molecule has 0 saturated heterocycles. The summed E-state index contributed by atoms with van der Waals surface area (Å²) in [4.78, 5) is 18.8. The SMILES string of the molecule is O=C(c1ccc(CO)cc1)N1CCOc2c(O)cc(-c3cccnc3)cc2C1. The molecule has 6 nitrogen and oxygen atoms in total. The Morgan fingerprint density at radius 1 is 1.14 bits per heavy atom. The van der Waals surface area contributed by atoms with E-state index < -0.39 is 0 Å². The number of phenolic OH excluding ortho intramolecular Hbond substituents is 1. The number of aromatic hydroxyl groups is 1. The van der Waals surface area contributed by atoms with Gasteiger partial charge in [0, 0.05) is 35.6 Å². The molecule has 1 aromatic heterocycles. The molecular weight excluding hydrogens is 356 g/mol. The van der Waals surface area contributed by atoms with Gasteiger partial charge < -0.3 is 19.8 Å². The Kier molecular flexibility index (Phi) is 4.95. The van der Waals surface area contributed by atoms with Gasteiger partial charge in [-0.1, -0.05) is 18.2 Å². The topological polar surface area (TPSA) is 82.9 Å². The number of aliphatic hydroxyl groups is 1. The number of aromatic nitrogens is 1. The number of hydrogen-bond acceptors (Lipinski definition) is 5. The van der Waals surface area contributed by atoms with Crippen molar-refractivity contribution in [2.45, 2.75) is 13.2 Å². The molecule has 2 heterocycles. The number of rotatable bonds is 3. The number of amides is 1. The second-order valence-electron chi connectivity index (χ2n) is 6.66. The predicted molar refractivity (Wildman–Crippen MR) is 104 cm³/mol. The van der Waals surface area contributed by atoms with Crippen LogP contribution in [0.3, 0.4) is 0 Å². The smallest absolute Gasteiger partial charge is 0.254 e. The molecule has 0 unspecified atom stereocenters. The Balaban J connectivity index is 1.65. The van der Waals surface area contributed by atoms with Crippen molar-refractivity contribution < 1.29 is 19.7 Å². The average molecular weight is 376 g/mol. The van der Waals surface area contributed by atoms with Gasteiger partial charge in [-0.3, -0.25) is 9.78 Å². The van der Waals surface area contributed by atoms with Gasteiger partial charge in [0.15, 0.2) is 11.5 Å². The van der Waals surface area contributed by atoms with Crippen LogP contribution in [0.25, 0.3) is 11.1 Å². The van der Waals surface area contributed by atoms with Gasteiger partial charge in [-0.2, -0.15) is 0 Å². The van der Waals surface area contributed by atoms with E-state index in [4.69, 9.17) is 9.84 Å². The average Bonchev–Trinajstić information content (AvgIpc) is 2.97. The molecule has 2 N–H and O–H groups in total. The molecule has 0 atom stereocenters. The number of carbonyl (C=O) groups excluding carboxylic acids is 1. The number of benzene rings is 2. The highest BCUT2D eigenvalue weighted by atomic mass is 16.5. The minimum atomic E-state index is -0.118. The van der Waals surface area contributed by atoms with Crippen molar-refractivity contribution in [1.29, 1.82) is 0 Å². The maximum absolute atomic E-state index is 12.9. The molecular formula is C22H20N2O4. The summed E-state index contributed by atoms with van der Waals surface area (Å²) in [5, 5.41) is 19.6. The van der Waals surface area contributed by atoms with E-state index >= 15 is 0 Å². The van der Waals surface area contributed by atoms with E-state index in [2.05, 4.69) is 4.98 Å². The van der Waals surface area contributed by atoms with E-state index in [1.54, 1.807) is 47.6 Å². The lowest BCUT2D eigenvalue weighted by Crippen LogP contribution is -2.32. The lowest BCUT2D eigenvalue weighted by atomic mass is 10.0. The molecule has 142 valence electrons. The van der Waals surface area contributed by atoms with Crippen LogP contribution in [0.1, 0.15) is 21.5 Å². The molecule has 6 heteroatoms. The first-order valence-corrected chi connectivity index (χ1v) is 9.04. The Hall–Kier alpha value is -3.38. The van der Waals surface area contributed by atoms with Crippen molar-refractivity contribution in [3.63, 3.8) is 0 Å². The highest BCUT2D eigenvalue weighted by Gasteiger charge is 2.23. The molecule has 3 aromatic rings. The Labute approximate surface area is 162 Å². The van der Waals surface area contributed by atoms with Crippen molar-refractivity contribution in [3.8, 4) is 22.6 Å². The summed E-state index contributed by atoms with van der Waals surface area (Å²) in [6.45, 7) is 0.984. The first kappa shape index (κ1) is 18.0. The molecule has 4 rings (SSSR count). The van der Waals surface area contributed by atoms with Crippen LogP contribution >= 0.6 is 0 Å². The van der Waals surface area contributed by atoms with Crippen molar-refractivity contribution in [3.05, 3.63) is 77.6 Å². The fourth-order valence-corrected chi connectivity index (χ4v) is 3.31. The number of nitrogens with zero attached hydrogens (tertiary/aromatic N) is 2. The van der Waals surface area contributed by atoms with E-state index in [0.29, 0.717) is 31.0 Å². The summed E-state index contributed by atoms with van der Waals surface area (Å²) in [5.41, 5.74) is 3.74. The third-order valence-electron chi connectivity index (χ3n) is 4.78. The fourth-order valence-electron chi connectivity index (χ4n) is 3.31. The molecule has 1 aliphatic heterocycles. The van der Waals surface area contributed by atoms with E-state index in [-0.39, 0.29) is 18.3 Å². The summed E-state index contributed by atoms with van der Waals surface area (Å²) in [7, 11) is 0. The maximum atomic E-state index is 12.9. The van der Waals surface area contributed by atoms with Crippen LogP contribution in [0, 0.1) is 0 Å². The van der Waals surface area contributed by atoms with Gasteiger partial charge in [0.1, 0.15) is 6.61 Å². The predicted octanol–water partition coefficient (Wildman–Crippen LogP) is 2.98. The molecule has 0 saturated carbocycles. The Morgan fingerprint density at radius 2 is 1.96 bits per heavy atom. The van der Waals surface area contributed by atoms with Crippen LogP contribution in [-0.2, 0) is 13.2 Å². The minimum absolute atomic E-state index is 0.0537. The van der Waals surface area contributed by atoms with Gasteiger partial charge in [0.05, 0.1) is 13.2 Å². The van der Waals surface area contributed by atoms with Gasteiger partial charge in [-0.15, -0.1) is 0 Å². The summed E-state index contributed by atoms with van der Waals surface area (Å²) < 4.78 is 5.73. The third-order valence-corrected chi connectivity index (χ3v) is 4.78. The number of ether oxygens (including phenoxy) is 1. The summed E-state index contributed by atoms with van der Waals surface area (Å²) in [6, 6.07) is 14.2. The maximum Gasteiger partial charge on any atom is 0.254 e. The standard InChI is InChI=1S/C22H20N2O4/c25-14-15-3-5-16(6-4-15)22(27)24-8-9-28-21-19(13-24)10-18(11-20(21)26)17-2-1-7-23-12-17/h1-7,10-12,25-26H,8-9,13-14H2. The second-order valence-corrected chi connectivity index (χ2v) is 6.66. The van der Waals surface area contributed by atoms with Gasteiger partial charge in [-0.05, 0) is 41.5 Å². The van der Waals surface area contributed by atoms with Crippen LogP contribution in [0.15, 0.2) is 60.9 Å². The molecule has 28 heavy (non-hydrogen) atoms. The van der Waals surface area contributed by atoms with E-state index in [0.717, 1.165) is 22.3 Å². The molecule has 2 aromatic carbocycles. The number of fused-ring (bicyclic) bond motifs is 1. The molecule has 0 aliphatic carbocycles. The molecule has 1 amide bonds. The molecule has 0 spiro atoms. The fraction of sp³-hybridized carbons (Fsp3) is 0.182. The third kappa shape index (κ3) is 3.54. The second kappa shape index (κ2) is 7.70. The van der Waals surface area contributed by atoms with Crippen LogP contribution in [-0.4, -0.2) is 39.2 Å². The van der Waals surface area contributed by atoms with Gasteiger partial charge in [0.25, 0.3) is 5.91 Å². The lowest BCUT2D eigenvalue weighted by Gasteiger charge is -2.20. The zero-order valence-corrected chi connectivity index (χ0v) is 15.2. The quantitative estimate of drug-likeness (QED) is 0.734. The largest absolute Gasteiger partial charge is 0.504 e. The van der Waals surface area contributed by atoms with E-state index in [1.165, 1.54) is 0 Å². The molecule has 0 bridgehead atoms. The first-order chi connectivity index (χ1) is 13.7. The van der Waals surface area contributed by atoms with E-state index in [1.807, 2.05) is 18.2 Å². The lowest BCUT2D eigenvalue weighted by molar-refractivity contribution is 0.0733. The Bertz CT molecular complexity index is 987. The molecule has 0 fully saturated rings. The van der Waals surface area contributed by atoms with Crippen molar-refractivity contribution in [2.75, 3.05) is 13.2 Å². The normalized spacial score (nSPS) is 13.4. The van der Waals surface area contributed by atoms with Gasteiger partial charge in [0.2, 0.25) is 0 Å². The zero-order valence-electron chi connectivity index (χ0n) is 15.2. The van der Waals surface area contributed by atoms with Crippen LogP contribution in [0.5, 0.6) is 11.5 Å². The first-order valence-electron chi connectivity index (χ1n) is 9.04. The van der Waals surface area contributed by atoms with E-state index in [9.17, 15) is 9.90 Å². The summed E-state index contributed by atoms with van der Waals surface area (Å²) in [6.07, 6.45) is 3.42. The van der Waals surface area contributed by atoms with Crippen molar-refractivity contribution in [1.82, 2.24) is 9.88 Å². The molecule has 1 aliphatic rings. The van der Waals surface area contributed by atoms with Crippen LogP contribution in [0.2, 0.25) is 0 Å². The van der Waals surface area contributed by atoms with Crippen LogP contribution < -0.4 is 4.74 Å². The number of aliphatic hydroxyl groups excluding tert-OH is 1. The zero-order chi connectivity index (χ0) is 19.5.